The Labute approximate surface area is 103 Å². The van der Waals surface area contributed by atoms with E-state index in [1.165, 1.54) is 12.8 Å². The van der Waals surface area contributed by atoms with Crippen molar-refractivity contribution in [1.29, 1.82) is 0 Å². The first-order valence-electron chi connectivity index (χ1n) is 6.74. The molecule has 2 atom stereocenters. The number of unbranched alkanes of at least 4 members (excludes halogenated alkanes) is 1. The first-order valence-corrected chi connectivity index (χ1v) is 6.74. The molecule has 0 aromatic carbocycles. The minimum atomic E-state index is -0.582. The highest BCUT2D eigenvalue weighted by molar-refractivity contribution is 4.96. The fraction of sp³-hybridized carbons (Fsp3) is 0.846. The van der Waals surface area contributed by atoms with Gasteiger partial charge in [-0.1, -0.05) is 45.2 Å². The lowest BCUT2D eigenvalue weighted by Crippen LogP contribution is -2.01. The van der Waals surface area contributed by atoms with Crippen LogP contribution in [0.1, 0.15) is 83.0 Å². The molecule has 0 aliphatic heterocycles. The lowest BCUT2D eigenvalue weighted by Gasteiger charge is -2.08. The molecular weight excluding hydrogens is 216 g/mol. The predicted octanol–water partition coefficient (Wildman–Crippen LogP) is 3.59. The van der Waals surface area contributed by atoms with Crippen LogP contribution in [0.4, 0.5) is 0 Å². The van der Waals surface area contributed by atoms with E-state index in [0.717, 1.165) is 19.3 Å². The van der Waals surface area contributed by atoms with Crippen molar-refractivity contribution in [3.8, 4) is 0 Å². The van der Waals surface area contributed by atoms with E-state index in [-0.39, 0.29) is 0 Å². The van der Waals surface area contributed by atoms with E-state index in [4.69, 9.17) is 4.52 Å². The quantitative estimate of drug-likeness (QED) is 0.754. The summed E-state index contributed by atoms with van der Waals surface area (Å²) in [5.41, 5.74) is 0. The molecule has 1 N–H and O–H groups in total. The standard InChI is InChI=1S/C13H24N2O2/c1-4-7-9-10(6-3)13-14-12(15-17-13)11(16)8-5-2/h10-11,16H,4-9H2,1-3H3. The van der Waals surface area contributed by atoms with Gasteiger partial charge >= 0.3 is 0 Å². The Bertz CT molecular complexity index is 312. The molecule has 4 heteroatoms. The third-order valence-corrected chi connectivity index (χ3v) is 3.07. The van der Waals surface area contributed by atoms with Gasteiger partial charge in [0.1, 0.15) is 6.10 Å². The van der Waals surface area contributed by atoms with Crippen molar-refractivity contribution in [3.05, 3.63) is 11.7 Å². The summed E-state index contributed by atoms with van der Waals surface area (Å²) in [5, 5.41) is 13.7. The van der Waals surface area contributed by atoms with Crippen LogP contribution in [-0.4, -0.2) is 15.2 Å². The molecule has 1 aromatic heterocycles. The highest BCUT2D eigenvalue weighted by Crippen LogP contribution is 2.25. The first kappa shape index (κ1) is 14.2. The van der Waals surface area contributed by atoms with Crippen LogP contribution in [-0.2, 0) is 0 Å². The Balaban J connectivity index is 2.64. The largest absolute Gasteiger partial charge is 0.385 e. The first-order chi connectivity index (χ1) is 8.22. The number of aliphatic hydroxyl groups excluding tert-OH is 1. The lowest BCUT2D eigenvalue weighted by molar-refractivity contribution is 0.152. The molecule has 0 spiro atoms. The van der Waals surface area contributed by atoms with Gasteiger partial charge in [0.05, 0.1) is 0 Å². The molecule has 98 valence electrons. The van der Waals surface area contributed by atoms with Gasteiger partial charge in [-0.15, -0.1) is 0 Å². The van der Waals surface area contributed by atoms with Gasteiger partial charge in [-0.3, -0.25) is 0 Å². The van der Waals surface area contributed by atoms with Crippen LogP contribution in [0.2, 0.25) is 0 Å². The summed E-state index contributed by atoms with van der Waals surface area (Å²) in [7, 11) is 0. The fourth-order valence-electron chi connectivity index (χ4n) is 1.90. The number of rotatable bonds is 8. The van der Waals surface area contributed by atoms with E-state index in [9.17, 15) is 5.11 Å². The molecule has 0 saturated heterocycles. The fourth-order valence-corrected chi connectivity index (χ4v) is 1.90. The predicted molar refractivity (Wildman–Crippen MR) is 66.7 cm³/mol. The number of aromatic nitrogens is 2. The lowest BCUT2D eigenvalue weighted by atomic mass is 9.99. The molecule has 1 rings (SSSR count). The minimum Gasteiger partial charge on any atom is -0.385 e. The van der Waals surface area contributed by atoms with Gasteiger partial charge in [0.2, 0.25) is 5.89 Å². The highest BCUT2D eigenvalue weighted by Gasteiger charge is 2.19. The summed E-state index contributed by atoms with van der Waals surface area (Å²) in [5.74, 6) is 1.47. The number of hydrogen-bond donors (Lipinski definition) is 1. The van der Waals surface area contributed by atoms with Crippen LogP contribution >= 0.6 is 0 Å². The third-order valence-electron chi connectivity index (χ3n) is 3.07. The molecule has 0 aliphatic carbocycles. The molecule has 1 heterocycles. The second-order valence-corrected chi connectivity index (χ2v) is 4.54. The molecule has 2 unspecified atom stereocenters. The van der Waals surface area contributed by atoms with Gasteiger partial charge in [-0.05, 0) is 19.3 Å². The molecule has 0 saturated carbocycles. The van der Waals surface area contributed by atoms with Crippen molar-refractivity contribution in [2.45, 2.75) is 71.3 Å². The van der Waals surface area contributed by atoms with Gasteiger partial charge in [0, 0.05) is 5.92 Å². The molecule has 17 heavy (non-hydrogen) atoms. The van der Waals surface area contributed by atoms with Crippen molar-refractivity contribution in [2.24, 2.45) is 0 Å². The van der Waals surface area contributed by atoms with Crippen molar-refractivity contribution in [2.75, 3.05) is 0 Å². The summed E-state index contributed by atoms with van der Waals surface area (Å²) >= 11 is 0. The Morgan fingerprint density at radius 2 is 1.94 bits per heavy atom. The van der Waals surface area contributed by atoms with Crippen molar-refractivity contribution in [1.82, 2.24) is 10.1 Å². The van der Waals surface area contributed by atoms with E-state index >= 15 is 0 Å². The minimum absolute atomic E-state index is 0.338. The molecule has 0 fully saturated rings. The molecule has 4 nitrogen and oxygen atoms in total. The van der Waals surface area contributed by atoms with Crippen LogP contribution < -0.4 is 0 Å². The third kappa shape index (κ3) is 4.11. The summed E-state index contributed by atoms with van der Waals surface area (Å²) in [6.45, 7) is 6.34. The van der Waals surface area contributed by atoms with Gasteiger partial charge in [0.15, 0.2) is 5.82 Å². The number of hydrogen-bond acceptors (Lipinski definition) is 4. The van der Waals surface area contributed by atoms with Crippen LogP contribution in [0.25, 0.3) is 0 Å². The summed E-state index contributed by atoms with van der Waals surface area (Å²) in [6, 6.07) is 0. The monoisotopic (exact) mass is 240 g/mol. The van der Waals surface area contributed by atoms with Gasteiger partial charge in [0.25, 0.3) is 0 Å². The van der Waals surface area contributed by atoms with Gasteiger partial charge < -0.3 is 9.63 Å². The van der Waals surface area contributed by atoms with E-state index in [1.54, 1.807) is 0 Å². The van der Waals surface area contributed by atoms with Crippen molar-refractivity contribution < 1.29 is 9.63 Å². The average Bonchev–Trinajstić information content (AvgIpc) is 2.80. The highest BCUT2D eigenvalue weighted by atomic mass is 16.5. The summed E-state index contributed by atoms with van der Waals surface area (Å²) in [4.78, 5) is 4.33. The van der Waals surface area contributed by atoms with Crippen LogP contribution in [0.15, 0.2) is 4.52 Å². The van der Waals surface area contributed by atoms with Crippen LogP contribution in [0, 0.1) is 0 Å². The number of nitrogens with zero attached hydrogens (tertiary/aromatic N) is 2. The summed E-state index contributed by atoms with van der Waals surface area (Å²) < 4.78 is 5.26. The van der Waals surface area contributed by atoms with Crippen molar-refractivity contribution >= 4 is 0 Å². The molecular formula is C13H24N2O2. The van der Waals surface area contributed by atoms with E-state index in [2.05, 4.69) is 24.0 Å². The number of aliphatic hydroxyl groups is 1. The van der Waals surface area contributed by atoms with E-state index < -0.39 is 6.10 Å². The average molecular weight is 240 g/mol. The maximum atomic E-state index is 9.78. The molecule has 0 amide bonds. The normalized spacial score (nSPS) is 14.8. The Morgan fingerprint density at radius 3 is 2.53 bits per heavy atom. The molecule has 0 bridgehead atoms. The summed E-state index contributed by atoms with van der Waals surface area (Å²) in [6.07, 6.45) is 5.46. The smallest absolute Gasteiger partial charge is 0.229 e. The second-order valence-electron chi connectivity index (χ2n) is 4.54. The Morgan fingerprint density at radius 1 is 1.18 bits per heavy atom. The van der Waals surface area contributed by atoms with E-state index in [1.807, 2.05) is 6.92 Å². The molecule has 0 radical (unpaired) electrons. The zero-order valence-electron chi connectivity index (χ0n) is 11.1. The zero-order chi connectivity index (χ0) is 12.7. The van der Waals surface area contributed by atoms with E-state index in [0.29, 0.717) is 24.1 Å². The molecule has 1 aromatic rings. The van der Waals surface area contributed by atoms with Gasteiger partial charge in [-0.2, -0.15) is 4.98 Å². The van der Waals surface area contributed by atoms with Crippen LogP contribution in [0.5, 0.6) is 0 Å². The van der Waals surface area contributed by atoms with Crippen molar-refractivity contribution in [3.63, 3.8) is 0 Å². The SMILES string of the molecule is CCCCC(CC)c1nc(C(O)CCC)no1. The maximum absolute atomic E-state index is 9.78. The zero-order valence-corrected chi connectivity index (χ0v) is 11.1. The van der Waals surface area contributed by atoms with Crippen LogP contribution in [0.3, 0.4) is 0 Å². The van der Waals surface area contributed by atoms with Gasteiger partial charge in [-0.25, -0.2) is 0 Å². The maximum Gasteiger partial charge on any atom is 0.229 e. The Hall–Kier alpha value is -0.900. The second kappa shape index (κ2) is 7.43. The molecule has 0 aliphatic rings. The Kier molecular flexibility index (Phi) is 6.19. The topological polar surface area (TPSA) is 59.2 Å².